The molecule has 2 heterocycles. The monoisotopic (exact) mass is 420 g/mol. The van der Waals surface area contributed by atoms with Gasteiger partial charge < -0.3 is 4.90 Å². The molecule has 0 bridgehead atoms. The van der Waals surface area contributed by atoms with E-state index in [4.69, 9.17) is 0 Å². The predicted molar refractivity (Wildman–Crippen MR) is 118 cm³/mol. The van der Waals surface area contributed by atoms with Crippen LogP contribution in [-0.4, -0.2) is 37.3 Å². The van der Waals surface area contributed by atoms with Gasteiger partial charge in [-0.05, 0) is 60.7 Å². The molecule has 2 unspecified atom stereocenters. The second-order valence-electron chi connectivity index (χ2n) is 8.17. The average molecular weight is 421 g/mol. The summed E-state index contributed by atoms with van der Waals surface area (Å²) >= 11 is 0. The molecule has 1 amide bonds. The number of anilines is 1. The van der Waals surface area contributed by atoms with Crippen LogP contribution >= 0.6 is 0 Å². The van der Waals surface area contributed by atoms with Crippen LogP contribution in [0.5, 0.6) is 0 Å². The number of fused-ring (bicyclic) bond motifs is 2. The SMILES string of the molecule is CC1Cc2ccccc2N1C(=O)C1CCCN1S(=O)(=O)c1ccc2ccccc2c1. The van der Waals surface area contributed by atoms with Crippen molar-refractivity contribution in [2.75, 3.05) is 11.4 Å². The highest BCUT2D eigenvalue weighted by molar-refractivity contribution is 7.89. The quantitative estimate of drug-likeness (QED) is 0.644. The van der Waals surface area contributed by atoms with Crippen molar-refractivity contribution < 1.29 is 13.2 Å². The van der Waals surface area contributed by atoms with Crippen molar-refractivity contribution in [2.24, 2.45) is 0 Å². The van der Waals surface area contributed by atoms with Crippen molar-refractivity contribution in [1.82, 2.24) is 4.31 Å². The maximum Gasteiger partial charge on any atom is 0.245 e. The van der Waals surface area contributed by atoms with Gasteiger partial charge in [-0.15, -0.1) is 0 Å². The van der Waals surface area contributed by atoms with E-state index in [1.165, 1.54) is 4.31 Å². The number of sulfonamides is 1. The van der Waals surface area contributed by atoms with Gasteiger partial charge in [-0.1, -0.05) is 48.5 Å². The van der Waals surface area contributed by atoms with E-state index in [9.17, 15) is 13.2 Å². The van der Waals surface area contributed by atoms with Crippen LogP contribution in [0, 0.1) is 0 Å². The van der Waals surface area contributed by atoms with Gasteiger partial charge in [0, 0.05) is 18.3 Å². The Morgan fingerprint density at radius 2 is 1.70 bits per heavy atom. The Hall–Kier alpha value is -2.70. The van der Waals surface area contributed by atoms with E-state index >= 15 is 0 Å². The lowest BCUT2D eigenvalue weighted by molar-refractivity contribution is -0.121. The summed E-state index contributed by atoms with van der Waals surface area (Å²) in [6, 6.07) is 20.1. The molecule has 5 nitrogen and oxygen atoms in total. The number of rotatable bonds is 3. The molecule has 0 saturated carbocycles. The molecular weight excluding hydrogens is 396 g/mol. The molecule has 3 aromatic carbocycles. The molecule has 0 N–H and O–H groups in total. The predicted octanol–water partition coefficient (Wildman–Crippen LogP) is 3.97. The van der Waals surface area contributed by atoms with Crippen molar-refractivity contribution in [1.29, 1.82) is 0 Å². The lowest BCUT2D eigenvalue weighted by Gasteiger charge is -2.30. The number of hydrogen-bond donors (Lipinski definition) is 0. The highest BCUT2D eigenvalue weighted by Gasteiger charge is 2.44. The van der Waals surface area contributed by atoms with Crippen LogP contribution < -0.4 is 4.90 Å². The Labute approximate surface area is 177 Å². The van der Waals surface area contributed by atoms with Crippen molar-refractivity contribution >= 4 is 32.4 Å². The van der Waals surface area contributed by atoms with Crippen LogP contribution in [0.3, 0.4) is 0 Å². The molecule has 0 spiro atoms. The Bertz CT molecular complexity index is 1240. The molecule has 2 atom stereocenters. The molecule has 154 valence electrons. The third kappa shape index (κ3) is 3.02. The maximum absolute atomic E-state index is 13.5. The van der Waals surface area contributed by atoms with Gasteiger partial charge in [-0.2, -0.15) is 4.31 Å². The van der Waals surface area contributed by atoms with Gasteiger partial charge in [0.1, 0.15) is 6.04 Å². The molecule has 1 fully saturated rings. The minimum absolute atomic E-state index is 0.0284. The van der Waals surface area contributed by atoms with Gasteiger partial charge in [0.2, 0.25) is 15.9 Å². The zero-order valence-electron chi connectivity index (χ0n) is 16.9. The summed E-state index contributed by atoms with van der Waals surface area (Å²) in [5, 5.41) is 1.87. The molecule has 0 aromatic heterocycles. The second kappa shape index (κ2) is 7.22. The summed E-state index contributed by atoms with van der Waals surface area (Å²) in [4.78, 5) is 15.6. The first-order chi connectivity index (χ1) is 14.5. The Kier molecular flexibility index (Phi) is 4.64. The zero-order chi connectivity index (χ0) is 20.9. The smallest absolute Gasteiger partial charge is 0.245 e. The summed E-state index contributed by atoms with van der Waals surface area (Å²) in [5.74, 6) is -0.116. The molecular formula is C24H24N2O3S. The number of para-hydroxylation sites is 1. The maximum atomic E-state index is 13.5. The van der Waals surface area contributed by atoms with Crippen LogP contribution in [0.15, 0.2) is 71.6 Å². The highest BCUT2D eigenvalue weighted by Crippen LogP contribution is 2.35. The zero-order valence-corrected chi connectivity index (χ0v) is 17.7. The molecule has 3 aromatic rings. The fraction of sp³-hybridized carbons (Fsp3) is 0.292. The van der Waals surface area contributed by atoms with Crippen LogP contribution in [-0.2, 0) is 21.2 Å². The van der Waals surface area contributed by atoms with Crippen LogP contribution in [0.4, 0.5) is 5.69 Å². The minimum Gasteiger partial charge on any atom is -0.308 e. The topological polar surface area (TPSA) is 57.7 Å². The fourth-order valence-electron chi connectivity index (χ4n) is 4.80. The number of benzene rings is 3. The first kappa shape index (κ1) is 19.3. The molecule has 0 radical (unpaired) electrons. The third-order valence-electron chi connectivity index (χ3n) is 6.26. The summed E-state index contributed by atoms with van der Waals surface area (Å²) in [6.45, 7) is 2.39. The Balaban J connectivity index is 1.49. The first-order valence-electron chi connectivity index (χ1n) is 10.4. The molecule has 6 heteroatoms. The van der Waals surface area contributed by atoms with E-state index in [0.717, 1.165) is 28.4 Å². The summed E-state index contributed by atoms with van der Waals surface area (Å²) in [7, 11) is -3.76. The standard InChI is InChI=1S/C24H24N2O3S/c1-17-15-20-9-4-5-10-22(20)26(17)24(27)23-11-6-14-25(23)30(28,29)21-13-12-18-7-2-3-8-19(18)16-21/h2-5,7-10,12-13,16-17,23H,6,11,14-15H2,1H3. The van der Waals surface area contributed by atoms with Gasteiger partial charge in [0.25, 0.3) is 0 Å². The van der Waals surface area contributed by atoms with E-state index in [1.54, 1.807) is 17.0 Å². The molecule has 0 aliphatic carbocycles. The van der Waals surface area contributed by atoms with E-state index in [1.807, 2.05) is 61.5 Å². The van der Waals surface area contributed by atoms with Crippen molar-refractivity contribution in [3.63, 3.8) is 0 Å². The number of amides is 1. The van der Waals surface area contributed by atoms with Gasteiger partial charge >= 0.3 is 0 Å². The third-order valence-corrected chi connectivity index (χ3v) is 8.17. The first-order valence-corrected chi connectivity index (χ1v) is 11.8. The van der Waals surface area contributed by atoms with Crippen LogP contribution in [0.1, 0.15) is 25.3 Å². The van der Waals surface area contributed by atoms with Gasteiger partial charge in [0.05, 0.1) is 4.90 Å². The van der Waals surface area contributed by atoms with Crippen LogP contribution in [0.25, 0.3) is 10.8 Å². The van der Waals surface area contributed by atoms with Crippen molar-refractivity contribution in [3.05, 3.63) is 72.3 Å². The number of hydrogen-bond acceptors (Lipinski definition) is 3. The minimum atomic E-state index is -3.76. The number of carbonyl (C=O) groups excluding carboxylic acids is 1. The largest absolute Gasteiger partial charge is 0.308 e. The van der Waals surface area contributed by atoms with E-state index in [0.29, 0.717) is 19.4 Å². The van der Waals surface area contributed by atoms with E-state index in [-0.39, 0.29) is 16.8 Å². The van der Waals surface area contributed by atoms with Gasteiger partial charge in [-0.3, -0.25) is 4.79 Å². The van der Waals surface area contributed by atoms with E-state index < -0.39 is 16.1 Å². The second-order valence-corrected chi connectivity index (χ2v) is 10.1. The average Bonchev–Trinajstić information content (AvgIpc) is 3.37. The molecule has 5 rings (SSSR count). The van der Waals surface area contributed by atoms with E-state index in [2.05, 4.69) is 0 Å². The lowest BCUT2D eigenvalue weighted by Crippen LogP contribution is -2.49. The summed E-state index contributed by atoms with van der Waals surface area (Å²) in [6.07, 6.45) is 2.04. The fourth-order valence-corrected chi connectivity index (χ4v) is 6.49. The normalized spacial score (nSPS) is 21.8. The molecule has 2 aliphatic rings. The highest BCUT2D eigenvalue weighted by atomic mass is 32.2. The summed E-state index contributed by atoms with van der Waals surface area (Å²) < 4.78 is 28.4. The summed E-state index contributed by atoms with van der Waals surface area (Å²) in [5.41, 5.74) is 2.05. The van der Waals surface area contributed by atoms with Crippen LogP contribution in [0.2, 0.25) is 0 Å². The number of carbonyl (C=O) groups is 1. The molecule has 30 heavy (non-hydrogen) atoms. The van der Waals surface area contributed by atoms with Crippen molar-refractivity contribution in [3.8, 4) is 0 Å². The Morgan fingerprint density at radius 1 is 0.967 bits per heavy atom. The van der Waals surface area contributed by atoms with Gasteiger partial charge in [-0.25, -0.2) is 8.42 Å². The Morgan fingerprint density at radius 3 is 2.53 bits per heavy atom. The number of nitrogens with zero attached hydrogens (tertiary/aromatic N) is 2. The molecule has 1 saturated heterocycles. The van der Waals surface area contributed by atoms with Crippen molar-refractivity contribution in [2.45, 2.75) is 43.2 Å². The lowest BCUT2D eigenvalue weighted by atomic mass is 10.1. The van der Waals surface area contributed by atoms with Gasteiger partial charge in [0.15, 0.2) is 0 Å². The molecule has 2 aliphatic heterocycles.